The van der Waals surface area contributed by atoms with Gasteiger partial charge in [-0.3, -0.25) is 0 Å². The lowest BCUT2D eigenvalue weighted by Gasteiger charge is -2.04. The molecule has 2 heterocycles. The van der Waals surface area contributed by atoms with E-state index in [1.54, 1.807) is 18.3 Å². The fourth-order valence-corrected chi connectivity index (χ4v) is 2.04. The summed E-state index contributed by atoms with van der Waals surface area (Å²) in [6.07, 6.45) is 7.93. The summed E-state index contributed by atoms with van der Waals surface area (Å²) in [5.41, 5.74) is 4.74. The fraction of sp³-hybridized carbons (Fsp3) is 0.133. The van der Waals surface area contributed by atoms with E-state index >= 15 is 0 Å². The molecule has 1 aromatic heterocycles. The molecule has 1 N–H and O–H groups in total. The van der Waals surface area contributed by atoms with Crippen LogP contribution >= 0.6 is 0 Å². The highest BCUT2D eigenvalue weighted by Gasteiger charge is 2.04. The maximum atomic E-state index is 13.0. The average molecular weight is 268 g/mol. The highest BCUT2D eigenvalue weighted by Crippen LogP contribution is 2.07. The lowest BCUT2D eigenvalue weighted by atomic mass is 10.1. The van der Waals surface area contributed by atoms with Crippen molar-refractivity contribution in [1.82, 2.24) is 15.4 Å². The summed E-state index contributed by atoms with van der Waals surface area (Å²) in [6.45, 7) is 0.596. The van der Waals surface area contributed by atoms with Gasteiger partial charge in [0.05, 0.1) is 17.6 Å². The van der Waals surface area contributed by atoms with Gasteiger partial charge in [-0.25, -0.2) is 14.4 Å². The summed E-state index contributed by atoms with van der Waals surface area (Å²) in [5, 5.41) is 6.23. The number of fused-ring (bicyclic) bond motifs is 1. The molecule has 3 rings (SSSR count). The molecule has 0 spiro atoms. The summed E-state index contributed by atoms with van der Waals surface area (Å²) in [6, 6.07) is 6.33. The third-order valence-corrected chi connectivity index (χ3v) is 3.07. The second-order valence-corrected chi connectivity index (χ2v) is 4.40. The molecule has 2 aromatic rings. The number of aromatic nitrogens is 2. The molecule has 0 amide bonds. The van der Waals surface area contributed by atoms with Crippen LogP contribution in [0.25, 0.3) is 12.2 Å². The van der Waals surface area contributed by atoms with Crippen LogP contribution in [0.1, 0.15) is 12.0 Å². The van der Waals surface area contributed by atoms with Crippen LogP contribution in [0.4, 0.5) is 4.39 Å². The monoisotopic (exact) mass is 268 g/mol. The van der Waals surface area contributed by atoms with E-state index in [0.29, 0.717) is 13.0 Å². The number of hydrazone groups is 1. The Hall–Kier alpha value is -2.56. The number of hydrogen-bond acceptors (Lipinski definition) is 4. The Bertz CT molecular complexity index is 750. The zero-order chi connectivity index (χ0) is 13.8. The van der Waals surface area contributed by atoms with Gasteiger partial charge in [-0.15, -0.1) is 0 Å². The molecular formula is C15H13FN4. The quantitative estimate of drug-likeness (QED) is 0.823. The van der Waals surface area contributed by atoms with Crippen LogP contribution in [-0.4, -0.2) is 22.2 Å². The summed E-state index contributed by atoms with van der Waals surface area (Å²) in [5.74, 6) is -0.249. The third kappa shape index (κ3) is 2.71. The molecule has 4 nitrogen and oxygen atoms in total. The zero-order valence-electron chi connectivity index (χ0n) is 10.8. The van der Waals surface area contributed by atoms with Crippen LogP contribution < -0.4 is 16.0 Å². The van der Waals surface area contributed by atoms with Gasteiger partial charge >= 0.3 is 0 Å². The van der Waals surface area contributed by atoms with E-state index in [2.05, 4.69) is 20.5 Å². The van der Waals surface area contributed by atoms with Gasteiger partial charge in [0.2, 0.25) is 0 Å². The molecule has 0 unspecified atom stereocenters. The van der Waals surface area contributed by atoms with Crippen LogP contribution in [-0.2, 0) is 0 Å². The van der Waals surface area contributed by atoms with Crippen LogP contribution in [0.5, 0.6) is 0 Å². The highest BCUT2D eigenvalue weighted by molar-refractivity contribution is 6.03. The average Bonchev–Trinajstić information content (AvgIpc) is 2.58. The van der Waals surface area contributed by atoms with Gasteiger partial charge in [0.15, 0.2) is 0 Å². The first-order chi connectivity index (χ1) is 9.83. The number of halogens is 1. The summed E-state index contributed by atoms with van der Waals surface area (Å²) >= 11 is 0. The first-order valence-electron chi connectivity index (χ1n) is 6.35. The van der Waals surface area contributed by atoms with E-state index in [0.717, 1.165) is 21.8 Å². The van der Waals surface area contributed by atoms with Crippen molar-refractivity contribution in [2.24, 2.45) is 5.10 Å². The standard InChI is InChI=1S/C15H13FN4/c16-13-3-1-11(2-4-13)15-6-5-14-12(7-8-19-20-15)9-17-10-18-14/h1-5,7,9-10,19H,6,8H2/b12-7-,14-5+,20-15+. The largest absolute Gasteiger partial charge is 0.306 e. The molecule has 1 aromatic carbocycles. The first-order valence-corrected chi connectivity index (χ1v) is 6.35. The molecule has 20 heavy (non-hydrogen) atoms. The van der Waals surface area contributed by atoms with Crippen molar-refractivity contribution < 1.29 is 4.39 Å². The van der Waals surface area contributed by atoms with Gasteiger partial charge in [-0.1, -0.05) is 24.3 Å². The fourth-order valence-electron chi connectivity index (χ4n) is 2.04. The van der Waals surface area contributed by atoms with Gasteiger partial charge in [0, 0.05) is 17.8 Å². The summed E-state index contributed by atoms with van der Waals surface area (Å²) in [7, 11) is 0. The second-order valence-electron chi connectivity index (χ2n) is 4.40. The second kappa shape index (κ2) is 5.61. The van der Waals surface area contributed by atoms with E-state index < -0.39 is 0 Å². The molecule has 0 saturated heterocycles. The van der Waals surface area contributed by atoms with Gasteiger partial charge < -0.3 is 5.43 Å². The van der Waals surface area contributed by atoms with Crippen molar-refractivity contribution in [2.75, 3.05) is 6.54 Å². The predicted octanol–water partition coefficient (Wildman–Crippen LogP) is 0.574. The molecule has 0 aliphatic carbocycles. The predicted molar refractivity (Wildman–Crippen MR) is 75.8 cm³/mol. The molecule has 1 aliphatic rings. The molecule has 0 saturated carbocycles. The summed E-state index contributed by atoms with van der Waals surface area (Å²) in [4.78, 5) is 8.28. The lowest BCUT2D eigenvalue weighted by molar-refractivity contribution is 0.627. The minimum absolute atomic E-state index is 0.249. The van der Waals surface area contributed by atoms with Gasteiger partial charge in [-0.2, -0.15) is 5.10 Å². The molecule has 0 bridgehead atoms. The van der Waals surface area contributed by atoms with Crippen LogP contribution in [0.15, 0.2) is 41.9 Å². The molecule has 0 fully saturated rings. The Balaban J connectivity index is 1.99. The maximum Gasteiger partial charge on any atom is 0.123 e. The minimum atomic E-state index is -0.249. The molecule has 100 valence electrons. The molecule has 0 radical (unpaired) electrons. The SMILES string of the molecule is Fc1ccc(/C2=N/NC/C=c3/cncn/c3=C/C2)cc1. The molecular weight excluding hydrogens is 255 g/mol. The summed E-state index contributed by atoms with van der Waals surface area (Å²) < 4.78 is 13.0. The topological polar surface area (TPSA) is 50.2 Å². The van der Waals surface area contributed by atoms with Crippen molar-refractivity contribution in [1.29, 1.82) is 0 Å². The number of hydrogen-bond donors (Lipinski definition) is 1. The van der Waals surface area contributed by atoms with E-state index in [9.17, 15) is 4.39 Å². The minimum Gasteiger partial charge on any atom is -0.306 e. The normalized spacial score (nSPS) is 20.4. The maximum absolute atomic E-state index is 13.0. The Labute approximate surface area is 115 Å². The van der Waals surface area contributed by atoms with Gasteiger partial charge in [0.25, 0.3) is 0 Å². The molecule has 5 heteroatoms. The van der Waals surface area contributed by atoms with Crippen molar-refractivity contribution in [3.05, 3.63) is 58.7 Å². The van der Waals surface area contributed by atoms with Crippen molar-refractivity contribution in [3.8, 4) is 0 Å². The van der Waals surface area contributed by atoms with Crippen LogP contribution in [0.3, 0.4) is 0 Å². The van der Waals surface area contributed by atoms with Gasteiger partial charge in [0.1, 0.15) is 12.1 Å². The number of nitrogens with one attached hydrogen (secondary N) is 1. The van der Waals surface area contributed by atoms with Crippen molar-refractivity contribution >= 4 is 17.9 Å². The Kier molecular flexibility index (Phi) is 3.50. The van der Waals surface area contributed by atoms with E-state index in [1.807, 2.05) is 12.2 Å². The first kappa shape index (κ1) is 12.5. The van der Waals surface area contributed by atoms with Crippen molar-refractivity contribution in [3.63, 3.8) is 0 Å². The zero-order valence-corrected chi connectivity index (χ0v) is 10.8. The molecule has 1 aliphatic heterocycles. The molecule has 0 atom stereocenters. The lowest BCUT2D eigenvalue weighted by Crippen LogP contribution is -2.29. The van der Waals surface area contributed by atoms with E-state index in [-0.39, 0.29) is 5.82 Å². The third-order valence-electron chi connectivity index (χ3n) is 3.07. The van der Waals surface area contributed by atoms with Gasteiger partial charge in [-0.05, 0) is 17.7 Å². The van der Waals surface area contributed by atoms with Crippen LogP contribution in [0.2, 0.25) is 0 Å². The van der Waals surface area contributed by atoms with Crippen molar-refractivity contribution in [2.45, 2.75) is 6.42 Å². The van der Waals surface area contributed by atoms with Crippen LogP contribution in [0, 0.1) is 5.82 Å². The Morgan fingerprint density at radius 1 is 1.10 bits per heavy atom. The number of nitrogens with zero attached hydrogens (tertiary/aromatic N) is 3. The smallest absolute Gasteiger partial charge is 0.123 e. The Morgan fingerprint density at radius 3 is 2.80 bits per heavy atom. The van der Waals surface area contributed by atoms with E-state index in [1.165, 1.54) is 18.5 Å². The Morgan fingerprint density at radius 2 is 1.95 bits per heavy atom. The number of benzene rings is 1. The number of rotatable bonds is 1. The highest BCUT2D eigenvalue weighted by atomic mass is 19.1. The van der Waals surface area contributed by atoms with E-state index in [4.69, 9.17) is 0 Å².